The second kappa shape index (κ2) is 7.91. The van der Waals surface area contributed by atoms with Crippen LogP contribution in [0.15, 0.2) is 72.2 Å². The molecule has 4 aromatic rings. The molecule has 0 aliphatic carbocycles. The van der Waals surface area contributed by atoms with E-state index in [4.69, 9.17) is 4.74 Å². The minimum absolute atomic E-state index is 0.251. The molecule has 0 bridgehead atoms. The molecule has 136 valence electrons. The Balaban J connectivity index is 1.55. The average molecular weight is 375 g/mol. The molecule has 1 N–H and O–H groups in total. The van der Waals surface area contributed by atoms with Gasteiger partial charge in [-0.2, -0.15) is 0 Å². The fraction of sp³-hybridized carbons (Fsp3) is 0.174. The van der Waals surface area contributed by atoms with E-state index in [0.717, 1.165) is 22.9 Å². The summed E-state index contributed by atoms with van der Waals surface area (Å²) >= 11 is 1.63. The lowest BCUT2D eigenvalue weighted by atomic mass is 9.99. The van der Waals surface area contributed by atoms with Gasteiger partial charge in [0.05, 0.1) is 12.7 Å². The number of nitrogens with one attached hydrogen (secondary N) is 1. The van der Waals surface area contributed by atoms with Gasteiger partial charge in [0.2, 0.25) is 0 Å². The summed E-state index contributed by atoms with van der Waals surface area (Å²) in [6, 6.07) is 21.6. The van der Waals surface area contributed by atoms with Gasteiger partial charge in [-0.15, -0.1) is 11.3 Å². The lowest BCUT2D eigenvalue weighted by Crippen LogP contribution is -2.18. The first-order valence-corrected chi connectivity index (χ1v) is 9.92. The van der Waals surface area contributed by atoms with Crippen molar-refractivity contribution in [2.24, 2.45) is 0 Å². The summed E-state index contributed by atoms with van der Waals surface area (Å²) in [6.07, 6.45) is 1.83. The van der Waals surface area contributed by atoms with Gasteiger partial charge in [-0.05, 0) is 41.0 Å². The number of fused-ring (bicyclic) bond motifs is 1. The molecule has 0 saturated heterocycles. The van der Waals surface area contributed by atoms with E-state index in [2.05, 4.69) is 71.8 Å². The summed E-state index contributed by atoms with van der Waals surface area (Å²) in [7, 11) is 1.70. The van der Waals surface area contributed by atoms with Crippen LogP contribution in [0.3, 0.4) is 0 Å². The number of hydrogen-bond donors (Lipinski definition) is 1. The Morgan fingerprint density at radius 2 is 1.93 bits per heavy atom. The molecule has 1 atom stereocenters. The van der Waals surface area contributed by atoms with E-state index in [0.29, 0.717) is 0 Å². The molecule has 1 heterocycles. The minimum Gasteiger partial charge on any atom is -0.496 e. The summed E-state index contributed by atoms with van der Waals surface area (Å²) in [5.74, 6) is 0.857. The van der Waals surface area contributed by atoms with Gasteiger partial charge in [0.1, 0.15) is 10.8 Å². The summed E-state index contributed by atoms with van der Waals surface area (Å²) < 4.78 is 5.51. The van der Waals surface area contributed by atoms with Gasteiger partial charge >= 0.3 is 0 Å². The van der Waals surface area contributed by atoms with Crippen molar-refractivity contribution in [3.8, 4) is 16.3 Å². The fourth-order valence-electron chi connectivity index (χ4n) is 3.40. The monoisotopic (exact) mass is 374 g/mol. The maximum absolute atomic E-state index is 5.51. The van der Waals surface area contributed by atoms with Gasteiger partial charge in [0.15, 0.2) is 0 Å². The van der Waals surface area contributed by atoms with Gasteiger partial charge in [-0.3, -0.25) is 0 Å². The highest BCUT2D eigenvalue weighted by atomic mass is 32.1. The van der Waals surface area contributed by atoms with Gasteiger partial charge in [0, 0.05) is 24.2 Å². The van der Waals surface area contributed by atoms with E-state index >= 15 is 0 Å². The number of thiazole rings is 1. The normalized spacial score (nSPS) is 12.2. The Labute approximate surface area is 163 Å². The van der Waals surface area contributed by atoms with E-state index in [1.54, 1.807) is 18.4 Å². The molecule has 0 fully saturated rings. The van der Waals surface area contributed by atoms with Crippen molar-refractivity contribution >= 4 is 22.1 Å². The molecule has 4 heteroatoms. The number of nitrogens with zero attached hydrogens (tertiary/aromatic N) is 1. The SMILES string of the molecule is COc1ccc(CN[C@H](C)c2cccc3ccccc23)cc1-c1nccs1. The van der Waals surface area contributed by atoms with E-state index in [1.807, 2.05) is 17.6 Å². The largest absolute Gasteiger partial charge is 0.496 e. The van der Waals surface area contributed by atoms with Crippen LogP contribution in [0.5, 0.6) is 5.75 Å². The third-order valence-corrected chi connectivity index (χ3v) is 5.64. The Hall–Kier alpha value is -2.69. The molecule has 27 heavy (non-hydrogen) atoms. The third kappa shape index (κ3) is 3.72. The summed E-state index contributed by atoms with van der Waals surface area (Å²) in [5, 5.41) is 9.21. The summed E-state index contributed by atoms with van der Waals surface area (Å²) in [4.78, 5) is 4.43. The smallest absolute Gasteiger partial charge is 0.129 e. The molecular formula is C23H22N2OS. The van der Waals surface area contributed by atoms with Crippen molar-refractivity contribution < 1.29 is 4.74 Å². The Morgan fingerprint density at radius 3 is 2.74 bits per heavy atom. The zero-order valence-electron chi connectivity index (χ0n) is 15.5. The lowest BCUT2D eigenvalue weighted by Gasteiger charge is -2.17. The van der Waals surface area contributed by atoms with Crippen LogP contribution in [0.2, 0.25) is 0 Å². The van der Waals surface area contributed by atoms with E-state index in [9.17, 15) is 0 Å². The van der Waals surface area contributed by atoms with Gasteiger partial charge in [-0.25, -0.2) is 4.98 Å². The summed E-state index contributed by atoms with van der Waals surface area (Å²) in [6.45, 7) is 3.00. The quantitative estimate of drug-likeness (QED) is 0.461. The molecule has 3 nitrogen and oxygen atoms in total. The van der Waals surface area contributed by atoms with Crippen molar-refractivity contribution in [2.75, 3.05) is 7.11 Å². The van der Waals surface area contributed by atoms with Crippen LogP contribution in [0, 0.1) is 0 Å². The first kappa shape index (κ1) is 17.7. The number of aromatic nitrogens is 1. The molecule has 1 aromatic heterocycles. The Morgan fingerprint density at radius 1 is 1.07 bits per heavy atom. The molecule has 0 amide bonds. The molecule has 0 radical (unpaired) electrons. The maximum atomic E-state index is 5.51. The number of ether oxygens (including phenoxy) is 1. The van der Waals surface area contributed by atoms with Gasteiger partial charge in [-0.1, -0.05) is 48.5 Å². The number of benzene rings is 3. The third-order valence-electron chi connectivity index (χ3n) is 4.83. The first-order chi connectivity index (χ1) is 13.3. The predicted molar refractivity (Wildman–Crippen MR) is 113 cm³/mol. The standard InChI is InChI=1S/C23H22N2OS/c1-16(19-9-5-7-18-6-3-4-8-20(18)19)25-15-17-10-11-22(26-2)21(14-17)23-24-12-13-27-23/h3-14,16,25H,15H2,1-2H3/t16-/m1/s1. The number of rotatable bonds is 6. The fourth-order valence-corrected chi connectivity index (χ4v) is 4.06. The molecular weight excluding hydrogens is 352 g/mol. The van der Waals surface area contributed by atoms with Crippen LogP contribution in [0.4, 0.5) is 0 Å². The van der Waals surface area contributed by atoms with Crippen molar-refractivity contribution in [1.29, 1.82) is 0 Å². The molecule has 0 saturated carbocycles. The molecule has 3 aromatic carbocycles. The first-order valence-electron chi connectivity index (χ1n) is 9.04. The average Bonchev–Trinajstić information content (AvgIpc) is 3.26. The van der Waals surface area contributed by atoms with Crippen LogP contribution in [-0.2, 0) is 6.54 Å². The molecule has 0 aliphatic heterocycles. The van der Waals surface area contributed by atoms with Crippen molar-refractivity contribution in [2.45, 2.75) is 19.5 Å². The van der Waals surface area contributed by atoms with Crippen molar-refractivity contribution in [1.82, 2.24) is 10.3 Å². The Kier molecular flexibility index (Phi) is 5.19. The van der Waals surface area contributed by atoms with Crippen LogP contribution in [0.25, 0.3) is 21.3 Å². The summed E-state index contributed by atoms with van der Waals surface area (Å²) in [5.41, 5.74) is 3.58. The van der Waals surface area contributed by atoms with Crippen LogP contribution in [0.1, 0.15) is 24.1 Å². The highest BCUT2D eigenvalue weighted by Crippen LogP contribution is 2.32. The highest BCUT2D eigenvalue weighted by molar-refractivity contribution is 7.13. The van der Waals surface area contributed by atoms with E-state index < -0.39 is 0 Å². The Bertz CT molecular complexity index is 1040. The van der Waals surface area contributed by atoms with Gasteiger partial charge in [0.25, 0.3) is 0 Å². The zero-order valence-corrected chi connectivity index (χ0v) is 16.3. The molecule has 4 rings (SSSR count). The van der Waals surface area contributed by atoms with Crippen LogP contribution >= 0.6 is 11.3 Å². The van der Waals surface area contributed by atoms with Crippen LogP contribution in [-0.4, -0.2) is 12.1 Å². The minimum atomic E-state index is 0.251. The topological polar surface area (TPSA) is 34.1 Å². The maximum Gasteiger partial charge on any atom is 0.129 e. The molecule has 0 spiro atoms. The lowest BCUT2D eigenvalue weighted by molar-refractivity contribution is 0.416. The van der Waals surface area contributed by atoms with Crippen molar-refractivity contribution in [3.05, 3.63) is 83.4 Å². The second-order valence-electron chi connectivity index (χ2n) is 6.54. The predicted octanol–water partition coefficient (Wildman–Crippen LogP) is 5.82. The highest BCUT2D eigenvalue weighted by Gasteiger charge is 2.12. The number of methoxy groups -OCH3 is 1. The second-order valence-corrected chi connectivity index (χ2v) is 7.44. The molecule has 0 unspecified atom stereocenters. The van der Waals surface area contributed by atoms with Gasteiger partial charge < -0.3 is 10.1 Å². The zero-order chi connectivity index (χ0) is 18.6. The number of hydrogen-bond acceptors (Lipinski definition) is 4. The van der Waals surface area contributed by atoms with E-state index in [1.165, 1.54) is 21.9 Å². The van der Waals surface area contributed by atoms with E-state index in [-0.39, 0.29) is 6.04 Å². The molecule has 0 aliphatic rings. The van der Waals surface area contributed by atoms with Crippen molar-refractivity contribution in [3.63, 3.8) is 0 Å². The van der Waals surface area contributed by atoms with Crippen LogP contribution < -0.4 is 10.1 Å².